The molecular weight excluding hydrogens is 217 g/mol. The van der Waals surface area contributed by atoms with Gasteiger partial charge in [-0.25, -0.2) is 9.78 Å². The molecule has 1 aromatic heterocycles. The zero-order chi connectivity index (χ0) is 9.84. The van der Waals surface area contributed by atoms with E-state index < -0.39 is 12.6 Å². The number of rotatable bonds is 3. The molecule has 0 spiro atoms. The van der Waals surface area contributed by atoms with Crippen LogP contribution in [0, 0.1) is 0 Å². The lowest BCUT2D eigenvalue weighted by Gasteiger charge is -2.03. The maximum absolute atomic E-state index is 10.1. The predicted molar refractivity (Wildman–Crippen MR) is 47.4 cm³/mol. The van der Waals surface area contributed by atoms with Gasteiger partial charge in [0.2, 0.25) is 0 Å². The fourth-order valence-corrected chi connectivity index (χ4v) is 1.06. The molecule has 0 aliphatic rings. The Morgan fingerprint density at radius 3 is 2.85 bits per heavy atom. The molecule has 0 fully saturated rings. The van der Waals surface area contributed by atoms with E-state index in [4.69, 9.17) is 33.0 Å². The van der Waals surface area contributed by atoms with Gasteiger partial charge in [0.1, 0.15) is 5.15 Å². The Bertz CT molecular complexity index is 330. The third kappa shape index (κ3) is 3.08. The Morgan fingerprint density at radius 2 is 2.31 bits per heavy atom. The van der Waals surface area contributed by atoms with E-state index >= 15 is 0 Å². The summed E-state index contributed by atoms with van der Waals surface area (Å²) in [6, 6.07) is 1.38. The summed E-state index contributed by atoms with van der Waals surface area (Å²) in [5.74, 6) is -0.875. The zero-order valence-electron chi connectivity index (χ0n) is 6.33. The molecule has 6 heteroatoms. The molecule has 13 heavy (non-hydrogen) atoms. The lowest BCUT2D eigenvalue weighted by atomic mass is 10.4. The number of pyridine rings is 1. The van der Waals surface area contributed by atoms with Crippen molar-refractivity contribution in [3.8, 4) is 5.75 Å². The van der Waals surface area contributed by atoms with E-state index in [9.17, 15) is 4.79 Å². The Labute approximate surface area is 84.1 Å². The van der Waals surface area contributed by atoms with Crippen LogP contribution >= 0.6 is 23.2 Å². The van der Waals surface area contributed by atoms with E-state index in [2.05, 4.69) is 4.98 Å². The van der Waals surface area contributed by atoms with Gasteiger partial charge >= 0.3 is 5.97 Å². The van der Waals surface area contributed by atoms with E-state index in [-0.39, 0.29) is 15.9 Å². The summed E-state index contributed by atoms with van der Waals surface area (Å²) < 4.78 is 4.80. The molecule has 1 rings (SSSR count). The highest BCUT2D eigenvalue weighted by atomic mass is 35.5. The molecule has 0 amide bonds. The molecule has 0 unspecified atom stereocenters. The van der Waals surface area contributed by atoms with Gasteiger partial charge in [-0.1, -0.05) is 23.2 Å². The van der Waals surface area contributed by atoms with E-state index in [0.29, 0.717) is 0 Å². The zero-order valence-corrected chi connectivity index (χ0v) is 7.84. The first-order valence-electron chi connectivity index (χ1n) is 3.25. The predicted octanol–water partition coefficient (Wildman–Crippen LogP) is 1.85. The quantitative estimate of drug-likeness (QED) is 0.792. The van der Waals surface area contributed by atoms with Crippen LogP contribution in [-0.2, 0) is 4.79 Å². The molecule has 0 saturated heterocycles. The van der Waals surface area contributed by atoms with Crippen molar-refractivity contribution in [1.82, 2.24) is 4.98 Å². The molecule has 1 N–H and O–H groups in total. The van der Waals surface area contributed by atoms with E-state index in [1.165, 1.54) is 12.3 Å². The van der Waals surface area contributed by atoms with Crippen molar-refractivity contribution >= 4 is 29.2 Å². The van der Waals surface area contributed by atoms with E-state index in [1.807, 2.05) is 0 Å². The van der Waals surface area contributed by atoms with Crippen molar-refractivity contribution < 1.29 is 14.6 Å². The number of carboxylic acid groups (broad SMARTS) is 1. The number of hydrogen-bond acceptors (Lipinski definition) is 3. The Balaban J connectivity index is 2.72. The molecule has 1 aromatic rings. The number of carboxylic acids is 1. The number of halogens is 2. The Morgan fingerprint density at radius 1 is 1.62 bits per heavy atom. The van der Waals surface area contributed by atoms with Gasteiger partial charge in [0, 0.05) is 0 Å². The van der Waals surface area contributed by atoms with Gasteiger partial charge < -0.3 is 9.84 Å². The van der Waals surface area contributed by atoms with Crippen LogP contribution in [-0.4, -0.2) is 22.7 Å². The van der Waals surface area contributed by atoms with Gasteiger partial charge in [-0.15, -0.1) is 0 Å². The monoisotopic (exact) mass is 221 g/mol. The van der Waals surface area contributed by atoms with Crippen LogP contribution in [0.2, 0.25) is 10.2 Å². The summed E-state index contributed by atoms with van der Waals surface area (Å²) in [7, 11) is 0. The van der Waals surface area contributed by atoms with Gasteiger partial charge in [0.15, 0.2) is 12.4 Å². The molecule has 0 bridgehead atoms. The van der Waals surface area contributed by atoms with Crippen LogP contribution in [0.5, 0.6) is 5.75 Å². The summed E-state index contributed by atoms with van der Waals surface area (Å²) in [5.41, 5.74) is 0. The van der Waals surface area contributed by atoms with Crippen LogP contribution < -0.4 is 4.74 Å². The largest absolute Gasteiger partial charge is 0.479 e. The summed E-state index contributed by atoms with van der Waals surface area (Å²) in [6.07, 6.45) is 1.27. The third-order valence-electron chi connectivity index (χ3n) is 1.14. The molecular formula is C7H5Cl2NO3. The molecule has 0 radical (unpaired) electrons. The average Bonchev–Trinajstić information content (AvgIpc) is 2.02. The minimum atomic E-state index is -1.08. The fourth-order valence-electron chi connectivity index (χ4n) is 0.641. The number of hydrogen-bond donors (Lipinski definition) is 1. The number of aliphatic carboxylic acids is 1. The van der Waals surface area contributed by atoms with Crippen molar-refractivity contribution in [2.24, 2.45) is 0 Å². The lowest BCUT2D eigenvalue weighted by molar-refractivity contribution is -0.139. The summed E-state index contributed by atoms with van der Waals surface area (Å²) >= 11 is 11.2. The standard InChI is InChI=1S/C7H5Cl2NO3/c8-4-1-6(9)10-2-5(4)13-3-7(11)12/h1-2H,3H2,(H,11,12). The molecule has 0 aromatic carbocycles. The first-order chi connectivity index (χ1) is 6.09. The van der Waals surface area contributed by atoms with Crippen LogP contribution in [0.15, 0.2) is 12.3 Å². The second-order valence-corrected chi connectivity index (χ2v) is 2.91. The van der Waals surface area contributed by atoms with Gasteiger partial charge in [-0.05, 0) is 6.07 Å². The van der Waals surface area contributed by atoms with Crippen LogP contribution in [0.4, 0.5) is 0 Å². The molecule has 1 heterocycles. The van der Waals surface area contributed by atoms with Gasteiger partial charge in [-0.3, -0.25) is 0 Å². The topological polar surface area (TPSA) is 59.4 Å². The average molecular weight is 222 g/mol. The smallest absolute Gasteiger partial charge is 0.341 e. The normalized spacial score (nSPS) is 9.69. The molecule has 0 aliphatic carbocycles. The highest BCUT2D eigenvalue weighted by Crippen LogP contribution is 2.25. The number of ether oxygens (including phenoxy) is 1. The van der Waals surface area contributed by atoms with Crippen LogP contribution in [0.3, 0.4) is 0 Å². The summed E-state index contributed by atoms with van der Waals surface area (Å²) in [4.78, 5) is 13.8. The van der Waals surface area contributed by atoms with E-state index in [0.717, 1.165) is 0 Å². The minimum Gasteiger partial charge on any atom is -0.479 e. The maximum atomic E-state index is 10.1. The summed E-state index contributed by atoms with van der Waals surface area (Å²) in [6.45, 7) is -0.455. The van der Waals surface area contributed by atoms with Gasteiger partial charge in [0.25, 0.3) is 0 Å². The molecule has 0 atom stereocenters. The van der Waals surface area contributed by atoms with Crippen molar-refractivity contribution in [1.29, 1.82) is 0 Å². The molecule has 0 saturated carbocycles. The SMILES string of the molecule is O=C(O)COc1cnc(Cl)cc1Cl. The van der Waals surface area contributed by atoms with Crippen LogP contribution in [0.25, 0.3) is 0 Å². The lowest BCUT2D eigenvalue weighted by Crippen LogP contribution is -2.09. The van der Waals surface area contributed by atoms with Crippen molar-refractivity contribution in [3.05, 3.63) is 22.4 Å². The van der Waals surface area contributed by atoms with Crippen molar-refractivity contribution in [3.63, 3.8) is 0 Å². The summed E-state index contributed by atoms with van der Waals surface area (Å²) in [5, 5.41) is 8.77. The van der Waals surface area contributed by atoms with Gasteiger partial charge in [-0.2, -0.15) is 0 Å². The van der Waals surface area contributed by atoms with Gasteiger partial charge in [0.05, 0.1) is 11.2 Å². The molecule has 0 aliphatic heterocycles. The second-order valence-electron chi connectivity index (χ2n) is 2.12. The third-order valence-corrected chi connectivity index (χ3v) is 1.64. The first-order valence-corrected chi connectivity index (χ1v) is 4.01. The fraction of sp³-hybridized carbons (Fsp3) is 0.143. The number of nitrogens with zero attached hydrogens (tertiary/aromatic N) is 1. The van der Waals surface area contributed by atoms with Crippen molar-refractivity contribution in [2.75, 3.05) is 6.61 Å². The van der Waals surface area contributed by atoms with Crippen molar-refractivity contribution in [2.45, 2.75) is 0 Å². The minimum absolute atomic E-state index is 0.202. The Kier molecular flexibility index (Phi) is 3.33. The highest BCUT2D eigenvalue weighted by molar-refractivity contribution is 6.34. The molecule has 4 nitrogen and oxygen atoms in total. The molecule has 70 valence electrons. The highest BCUT2D eigenvalue weighted by Gasteiger charge is 2.05. The Hall–Kier alpha value is -1.000. The van der Waals surface area contributed by atoms with Crippen LogP contribution in [0.1, 0.15) is 0 Å². The first kappa shape index (κ1) is 10.1. The van der Waals surface area contributed by atoms with E-state index in [1.54, 1.807) is 0 Å². The maximum Gasteiger partial charge on any atom is 0.341 e. The second kappa shape index (κ2) is 4.30. The number of carbonyl (C=O) groups is 1. The number of aromatic nitrogens is 1.